The second kappa shape index (κ2) is 7.69. The molecule has 2 aromatic carbocycles. The Morgan fingerprint density at radius 1 is 1.05 bits per heavy atom. The van der Waals surface area contributed by atoms with Crippen LogP contribution in [0.15, 0.2) is 42.5 Å². The Bertz CT molecular complexity index is 599. The molecule has 0 atom stereocenters. The smallest absolute Gasteiger partial charge is 0.128 e. The molecule has 0 aliphatic rings. The molecule has 4 heteroatoms. The van der Waals surface area contributed by atoms with E-state index in [0.717, 1.165) is 18.7 Å². The van der Waals surface area contributed by atoms with Gasteiger partial charge in [0.25, 0.3) is 0 Å². The van der Waals surface area contributed by atoms with Crippen LogP contribution in [0.25, 0.3) is 0 Å². The first-order chi connectivity index (χ1) is 10.0. The van der Waals surface area contributed by atoms with Gasteiger partial charge in [-0.3, -0.25) is 0 Å². The Labute approximate surface area is 136 Å². The van der Waals surface area contributed by atoms with Crippen LogP contribution >= 0.6 is 23.2 Å². The zero-order chi connectivity index (χ0) is 15.2. The first kappa shape index (κ1) is 16.2. The molecule has 0 bridgehead atoms. The summed E-state index contributed by atoms with van der Waals surface area (Å²) < 4.78 is 5.75. The number of hydrogen-bond donors (Lipinski definition) is 1. The van der Waals surface area contributed by atoms with E-state index in [2.05, 4.69) is 19.2 Å². The first-order valence-electron chi connectivity index (χ1n) is 6.97. The Kier molecular flexibility index (Phi) is 5.92. The Hall–Kier alpha value is -1.22. The molecular formula is C17H19Cl2NO. The SMILES string of the molecule is CC(C)CNCc1ccc(Oc2cccc(Cl)c2)cc1Cl. The maximum atomic E-state index is 6.30. The van der Waals surface area contributed by atoms with Crippen LogP contribution in [0.4, 0.5) is 0 Å². The van der Waals surface area contributed by atoms with Gasteiger partial charge in [-0.15, -0.1) is 0 Å². The zero-order valence-electron chi connectivity index (χ0n) is 12.2. The molecule has 0 unspecified atom stereocenters. The van der Waals surface area contributed by atoms with Gasteiger partial charge in [0.05, 0.1) is 0 Å². The monoisotopic (exact) mass is 323 g/mol. The highest BCUT2D eigenvalue weighted by molar-refractivity contribution is 6.31. The second-order valence-corrected chi connectivity index (χ2v) is 6.18. The van der Waals surface area contributed by atoms with E-state index < -0.39 is 0 Å². The molecule has 0 aliphatic heterocycles. The van der Waals surface area contributed by atoms with Crippen LogP contribution in [0.5, 0.6) is 11.5 Å². The maximum absolute atomic E-state index is 6.30. The van der Waals surface area contributed by atoms with Crippen LogP contribution in [-0.4, -0.2) is 6.54 Å². The molecule has 21 heavy (non-hydrogen) atoms. The fourth-order valence-electron chi connectivity index (χ4n) is 1.90. The quantitative estimate of drug-likeness (QED) is 0.754. The zero-order valence-corrected chi connectivity index (χ0v) is 13.7. The van der Waals surface area contributed by atoms with Crippen LogP contribution in [0.3, 0.4) is 0 Å². The third kappa shape index (κ3) is 5.24. The van der Waals surface area contributed by atoms with Crippen molar-refractivity contribution in [2.75, 3.05) is 6.54 Å². The Balaban J connectivity index is 2.01. The summed E-state index contributed by atoms with van der Waals surface area (Å²) in [7, 11) is 0. The van der Waals surface area contributed by atoms with Gasteiger partial charge in [0.15, 0.2) is 0 Å². The average Bonchev–Trinajstić information content (AvgIpc) is 2.41. The van der Waals surface area contributed by atoms with Crippen molar-refractivity contribution in [2.45, 2.75) is 20.4 Å². The highest BCUT2D eigenvalue weighted by Gasteiger charge is 2.04. The minimum Gasteiger partial charge on any atom is -0.457 e. The average molecular weight is 324 g/mol. The molecule has 0 radical (unpaired) electrons. The van der Waals surface area contributed by atoms with Crippen molar-refractivity contribution < 1.29 is 4.74 Å². The summed E-state index contributed by atoms with van der Waals surface area (Å²) in [6, 6.07) is 13.0. The van der Waals surface area contributed by atoms with Crippen molar-refractivity contribution >= 4 is 23.2 Å². The van der Waals surface area contributed by atoms with Crippen LogP contribution in [0, 0.1) is 5.92 Å². The standard InChI is InChI=1S/C17H19Cl2NO/c1-12(2)10-20-11-13-6-7-16(9-17(13)19)21-15-5-3-4-14(18)8-15/h3-9,12,20H,10-11H2,1-2H3. The lowest BCUT2D eigenvalue weighted by Crippen LogP contribution is -2.19. The van der Waals surface area contributed by atoms with Gasteiger partial charge in [-0.2, -0.15) is 0 Å². The van der Waals surface area contributed by atoms with Gasteiger partial charge < -0.3 is 10.1 Å². The lowest BCUT2D eigenvalue weighted by molar-refractivity contribution is 0.482. The normalized spacial score (nSPS) is 10.9. The largest absolute Gasteiger partial charge is 0.457 e. The summed E-state index contributed by atoms with van der Waals surface area (Å²) in [5.74, 6) is 2.02. The van der Waals surface area contributed by atoms with Gasteiger partial charge in [-0.05, 0) is 48.4 Å². The molecule has 2 rings (SSSR count). The van der Waals surface area contributed by atoms with Gasteiger partial charge in [-0.1, -0.05) is 49.2 Å². The van der Waals surface area contributed by atoms with Gasteiger partial charge in [0.1, 0.15) is 11.5 Å². The van der Waals surface area contributed by atoms with Crippen LogP contribution in [-0.2, 0) is 6.54 Å². The van der Waals surface area contributed by atoms with E-state index in [9.17, 15) is 0 Å². The van der Waals surface area contributed by atoms with Gasteiger partial charge in [0.2, 0.25) is 0 Å². The van der Waals surface area contributed by atoms with E-state index in [1.807, 2.05) is 36.4 Å². The molecule has 112 valence electrons. The predicted octanol–water partition coefficient (Wildman–Crippen LogP) is 5.53. The van der Waals surface area contributed by atoms with Crippen molar-refractivity contribution in [1.82, 2.24) is 5.32 Å². The number of benzene rings is 2. The summed E-state index contributed by atoms with van der Waals surface area (Å²) >= 11 is 12.2. The molecule has 0 amide bonds. The fourth-order valence-corrected chi connectivity index (χ4v) is 2.31. The summed E-state index contributed by atoms with van der Waals surface area (Å²) in [4.78, 5) is 0. The van der Waals surface area contributed by atoms with Crippen LogP contribution in [0.1, 0.15) is 19.4 Å². The van der Waals surface area contributed by atoms with Gasteiger partial charge in [-0.25, -0.2) is 0 Å². The minimum atomic E-state index is 0.620. The summed E-state index contributed by atoms with van der Waals surface area (Å²) in [5, 5.41) is 4.72. The topological polar surface area (TPSA) is 21.3 Å². The van der Waals surface area contributed by atoms with E-state index in [1.54, 1.807) is 6.07 Å². The molecule has 0 aromatic heterocycles. The molecule has 0 heterocycles. The Morgan fingerprint density at radius 3 is 2.48 bits per heavy atom. The molecule has 0 saturated heterocycles. The van der Waals surface area contributed by atoms with Gasteiger partial charge >= 0.3 is 0 Å². The Morgan fingerprint density at radius 2 is 1.81 bits per heavy atom. The number of ether oxygens (including phenoxy) is 1. The lowest BCUT2D eigenvalue weighted by atomic mass is 10.2. The second-order valence-electron chi connectivity index (χ2n) is 5.34. The number of nitrogens with one attached hydrogen (secondary N) is 1. The fraction of sp³-hybridized carbons (Fsp3) is 0.294. The van der Waals surface area contributed by atoms with Crippen molar-refractivity contribution in [2.24, 2.45) is 5.92 Å². The molecule has 0 spiro atoms. The van der Waals surface area contributed by atoms with Crippen molar-refractivity contribution in [3.05, 3.63) is 58.1 Å². The lowest BCUT2D eigenvalue weighted by Gasteiger charge is -2.11. The maximum Gasteiger partial charge on any atom is 0.128 e. The molecule has 0 saturated carbocycles. The van der Waals surface area contributed by atoms with E-state index >= 15 is 0 Å². The van der Waals surface area contributed by atoms with E-state index in [-0.39, 0.29) is 0 Å². The van der Waals surface area contributed by atoms with Crippen molar-refractivity contribution in [3.8, 4) is 11.5 Å². The minimum absolute atomic E-state index is 0.620. The molecule has 2 aromatic rings. The van der Waals surface area contributed by atoms with E-state index in [4.69, 9.17) is 27.9 Å². The summed E-state index contributed by atoms with van der Waals surface area (Å²) in [6.45, 7) is 6.08. The molecule has 1 N–H and O–H groups in total. The van der Waals surface area contributed by atoms with E-state index in [1.165, 1.54) is 0 Å². The van der Waals surface area contributed by atoms with E-state index in [0.29, 0.717) is 27.5 Å². The van der Waals surface area contributed by atoms with Gasteiger partial charge in [0, 0.05) is 16.6 Å². The highest BCUT2D eigenvalue weighted by atomic mass is 35.5. The van der Waals surface area contributed by atoms with Crippen molar-refractivity contribution in [1.29, 1.82) is 0 Å². The third-order valence-electron chi connectivity index (χ3n) is 2.92. The molecule has 0 aliphatic carbocycles. The highest BCUT2D eigenvalue weighted by Crippen LogP contribution is 2.28. The number of hydrogen-bond acceptors (Lipinski definition) is 2. The predicted molar refractivity (Wildman–Crippen MR) is 89.5 cm³/mol. The number of halogens is 2. The summed E-state index contributed by atoms with van der Waals surface area (Å²) in [6.07, 6.45) is 0. The van der Waals surface area contributed by atoms with Crippen LogP contribution < -0.4 is 10.1 Å². The molecular weight excluding hydrogens is 305 g/mol. The molecule has 2 nitrogen and oxygen atoms in total. The molecule has 0 fully saturated rings. The first-order valence-corrected chi connectivity index (χ1v) is 7.73. The number of rotatable bonds is 6. The van der Waals surface area contributed by atoms with Crippen LogP contribution in [0.2, 0.25) is 10.0 Å². The van der Waals surface area contributed by atoms with Crippen molar-refractivity contribution in [3.63, 3.8) is 0 Å². The summed E-state index contributed by atoms with van der Waals surface area (Å²) in [5.41, 5.74) is 1.07. The third-order valence-corrected chi connectivity index (χ3v) is 3.51.